The maximum absolute atomic E-state index is 5.41. The summed E-state index contributed by atoms with van der Waals surface area (Å²) in [6.45, 7) is 10.7. The summed E-state index contributed by atoms with van der Waals surface area (Å²) in [5, 5.41) is 3.34. The molecule has 1 N–H and O–H groups in total. The molecule has 1 atom stereocenters. The summed E-state index contributed by atoms with van der Waals surface area (Å²) in [6, 6.07) is 0. The van der Waals surface area contributed by atoms with Crippen LogP contribution in [-0.2, 0) is 4.74 Å². The Morgan fingerprint density at radius 1 is 1.50 bits per heavy atom. The molecule has 72 valence electrons. The van der Waals surface area contributed by atoms with Crippen molar-refractivity contribution in [1.82, 2.24) is 5.32 Å². The van der Waals surface area contributed by atoms with E-state index in [4.69, 9.17) is 4.74 Å². The van der Waals surface area contributed by atoms with Gasteiger partial charge in [-0.2, -0.15) is 0 Å². The Labute approximate surface area is 76.0 Å². The molecular weight excluding hydrogens is 150 g/mol. The molecule has 0 amide bonds. The SMILES string of the molecule is C=CCOC(C)CCNCCC. The highest BCUT2D eigenvalue weighted by molar-refractivity contribution is 4.65. The molecule has 2 heteroatoms. The summed E-state index contributed by atoms with van der Waals surface area (Å²) < 4.78 is 5.41. The second kappa shape index (κ2) is 8.75. The highest BCUT2D eigenvalue weighted by Crippen LogP contribution is 1.95. The van der Waals surface area contributed by atoms with Crippen LogP contribution in [0.5, 0.6) is 0 Å². The molecule has 0 bridgehead atoms. The summed E-state index contributed by atoms with van der Waals surface area (Å²) in [7, 11) is 0. The van der Waals surface area contributed by atoms with E-state index in [1.807, 2.05) is 0 Å². The first kappa shape index (κ1) is 11.7. The Bertz CT molecular complexity index is 104. The topological polar surface area (TPSA) is 21.3 Å². The molecular formula is C10H21NO. The maximum Gasteiger partial charge on any atom is 0.0648 e. The normalized spacial score (nSPS) is 12.8. The molecule has 0 aliphatic rings. The van der Waals surface area contributed by atoms with Gasteiger partial charge in [0.2, 0.25) is 0 Å². The summed E-state index contributed by atoms with van der Waals surface area (Å²) in [5.41, 5.74) is 0. The molecule has 2 nitrogen and oxygen atoms in total. The van der Waals surface area contributed by atoms with E-state index >= 15 is 0 Å². The third-order valence-corrected chi connectivity index (χ3v) is 1.65. The van der Waals surface area contributed by atoms with Crippen LogP contribution in [0.15, 0.2) is 12.7 Å². The van der Waals surface area contributed by atoms with E-state index in [1.165, 1.54) is 6.42 Å². The van der Waals surface area contributed by atoms with Crippen LogP contribution in [0.3, 0.4) is 0 Å². The van der Waals surface area contributed by atoms with Gasteiger partial charge in [-0.3, -0.25) is 0 Å². The van der Waals surface area contributed by atoms with Crippen LogP contribution in [0.25, 0.3) is 0 Å². The van der Waals surface area contributed by atoms with E-state index in [0.29, 0.717) is 12.7 Å². The fraction of sp³-hybridized carbons (Fsp3) is 0.800. The van der Waals surface area contributed by atoms with E-state index in [-0.39, 0.29) is 0 Å². The number of hydrogen-bond donors (Lipinski definition) is 1. The third kappa shape index (κ3) is 7.76. The standard InChI is InChI=1S/C10H21NO/c1-4-7-11-8-6-10(3)12-9-5-2/h5,10-11H,2,4,6-9H2,1,3H3. The minimum atomic E-state index is 0.340. The average Bonchev–Trinajstić information content (AvgIpc) is 2.09. The van der Waals surface area contributed by atoms with Gasteiger partial charge in [0.05, 0.1) is 12.7 Å². The molecule has 0 saturated carbocycles. The van der Waals surface area contributed by atoms with Crippen molar-refractivity contribution in [1.29, 1.82) is 0 Å². The lowest BCUT2D eigenvalue weighted by atomic mass is 10.3. The van der Waals surface area contributed by atoms with E-state index in [1.54, 1.807) is 6.08 Å². The smallest absolute Gasteiger partial charge is 0.0648 e. The molecule has 0 fully saturated rings. The first-order chi connectivity index (χ1) is 5.81. The van der Waals surface area contributed by atoms with E-state index in [9.17, 15) is 0 Å². The molecule has 0 heterocycles. The van der Waals surface area contributed by atoms with E-state index in [2.05, 4.69) is 25.7 Å². The van der Waals surface area contributed by atoms with E-state index in [0.717, 1.165) is 19.5 Å². The zero-order valence-corrected chi connectivity index (χ0v) is 8.31. The highest BCUT2D eigenvalue weighted by Gasteiger charge is 1.98. The summed E-state index contributed by atoms with van der Waals surface area (Å²) in [4.78, 5) is 0. The van der Waals surface area contributed by atoms with Crippen LogP contribution in [-0.4, -0.2) is 25.8 Å². The van der Waals surface area contributed by atoms with Crippen molar-refractivity contribution in [3.63, 3.8) is 0 Å². The van der Waals surface area contributed by atoms with Crippen molar-refractivity contribution in [3.8, 4) is 0 Å². The van der Waals surface area contributed by atoms with Crippen molar-refractivity contribution in [3.05, 3.63) is 12.7 Å². The fourth-order valence-corrected chi connectivity index (χ4v) is 0.923. The molecule has 0 spiro atoms. The zero-order valence-electron chi connectivity index (χ0n) is 8.31. The second-order valence-electron chi connectivity index (χ2n) is 2.97. The first-order valence-corrected chi connectivity index (χ1v) is 4.74. The quantitative estimate of drug-likeness (QED) is 0.445. The number of hydrogen-bond acceptors (Lipinski definition) is 2. The van der Waals surface area contributed by atoms with Crippen molar-refractivity contribution in [2.45, 2.75) is 32.8 Å². The van der Waals surface area contributed by atoms with Crippen molar-refractivity contribution in [2.75, 3.05) is 19.7 Å². The molecule has 0 radical (unpaired) electrons. The van der Waals surface area contributed by atoms with Gasteiger partial charge in [0, 0.05) is 0 Å². The van der Waals surface area contributed by atoms with Crippen molar-refractivity contribution >= 4 is 0 Å². The van der Waals surface area contributed by atoms with Gasteiger partial charge in [-0.1, -0.05) is 13.0 Å². The van der Waals surface area contributed by atoms with Crippen LogP contribution in [0, 0.1) is 0 Å². The fourth-order valence-electron chi connectivity index (χ4n) is 0.923. The molecule has 0 aliphatic carbocycles. The van der Waals surface area contributed by atoms with Gasteiger partial charge in [0.15, 0.2) is 0 Å². The second-order valence-corrected chi connectivity index (χ2v) is 2.97. The number of rotatable bonds is 8. The number of ether oxygens (including phenoxy) is 1. The van der Waals surface area contributed by atoms with Gasteiger partial charge >= 0.3 is 0 Å². The lowest BCUT2D eigenvalue weighted by Crippen LogP contribution is -2.21. The molecule has 0 aromatic rings. The van der Waals surface area contributed by atoms with Crippen molar-refractivity contribution in [2.24, 2.45) is 0 Å². The zero-order chi connectivity index (χ0) is 9.23. The predicted octanol–water partition coefficient (Wildman–Crippen LogP) is 1.97. The molecule has 1 unspecified atom stereocenters. The van der Waals surface area contributed by atoms with Gasteiger partial charge in [-0.25, -0.2) is 0 Å². The monoisotopic (exact) mass is 171 g/mol. The van der Waals surface area contributed by atoms with Crippen LogP contribution in [0.1, 0.15) is 26.7 Å². The predicted molar refractivity (Wildman–Crippen MR) is 53.4 cm³/mol. The van der Waals surface area contributed by atoms with Gasteiger partial charge in [-0.15, -0.1) is 6.58 Å². The molecule has 0 aliphatic heterocycles. The minimum absolute atomic E-state index is 0.340. The Morgan fingerprint density at radius 3 is 2.83 bits per heavy atom. The lowest BCUT2D eigenvalue weighted by molar-refractivity contribution is 0.0821. The third-order valence-electron chi connectivity index (χ3n) is 1.65. The lowest BCUT2D eigenvalue weighted by Gasteiger charge is -2.11. The van der Waals surface area contributed by atoms with Gasteiger partial charge < -0.3 is 10.1 Å². The van der Waals surface area contributed by atoms with Crippen LogP contribution >= 0.6 is 0 Å². The summed E-state index contributed by atoms with van der Waals surface area (Å²) >= 11 is 0. The minimum Gasteiger partial charge on any atom is -0.374 e. The highest BCUT2D eigenvalue weighted by atomic mass is 16.5. The first-order valence-electron chi connectivity index (χ1n) is 4.74. The Kier molecular flexibility index (Phi) is 8.51. The molecule has 0 rings (SSSR count). The summed E-state index contributed by atoms with van der Waals surface area (Å²) in [5.74, 6) is 0. The molecule has 0 aromatic heterocycles. The summed E-state index contributed by atoms with van der Waals surface area (Å²) in [6.07, 6.45) is 4.40. The number of nitrogens with one attached hydrogen (secondary N) is 1. The Morgan fingerprint density at radius 2 is 2.25 bits per heavy atom. The van der Waals surface area contributed by atoms with Crippen LogP contribution in [0.2, 0.25) is 0 Å². The van der Waals surface area contributed by atoms with E-state index < -0.39 is 0 Å². The average molecular weight is 171 g/mol. The molecule has 12 heavy (non-hydrogen) atoms. The van der Waals surface area contributed by atoms with Crippen molar-refractivity contribution < 1.29 is 4.74 Å². The Balaban J connectivity index is 3.07. The molecule has 0 aromatic carbocycles. The van der Waals surface area contributed by atoms with Gasteiger partial charge in [-0.05, 0) is 32.9 Å². The van der Waals surface area contributed by atoms with Gasteiger partial charge in [0.25, 0.3) is 0 Å². The van der Waals surface area contributed by atoms with Gasteiger partial charge in [0.1, 0.15) is 0 Å². The molecule has 0 saturated heterocycles. The largest absolute Gasteiger partial charge is 0.374 e. The van der Waals surface area contributed by atoms with Crippen LogP contribution < -0.4 is 5.32 Å². The maximum atomic E-state index is 5.41. The van der Waals surface area contributed by atoms with Crippen LogP contribution in [0.4, 0.5) is 0 Å². The Hall–Kier alpha value is -0.340.